The number of nitrogens with one attached hydrogen (secondary N) is 2. The maximum absolute atomic E-state index is 13.2. The van der Waals surface area contributed by atoms with Crippen LogP contribution in [0, 0.1) is 18.6 Å². The van der Waals surface area contributed by atoms with Gasteiger partial charge in [0.2, 0.25) is 5.95 Å². The minimum absolute atomic E-state index is 0.130. The van der Waals surface area contributed by atoms with Crippen molar-refractivity contribution in [1.82, 2.24) is 9.97 Å². The Hall–Kier alpha value is -3.06. The number of halogens is 3. The summed E-state index contributed by atoms with van der Waals surface area (Å²) in [5, 5.41) is 6.03. The number of anilines is 3. The highest BCUT2D eigenvalue weighted by molar-refractivity contribution is 6.31. The van der Waals surface area contributed by atoms with Crippen molar-refractivity contribution in [2.24, 2.45) is 0 Å². The first kappa shape index (κ1) is 17.8. The zero-order valence-electron chi connectivity index (χ0n) is 13.6. The van der Waals surface area contributed by atoms with E-state index in [2.05, 4.69) is 20.6 Å². The van der Waals surface area contributed by atoms with Gasteiger partial charge in [-0.3, -0.25) is 4.79 Å². The molecule has 0 aliphatic rings. The molecule has 3 aromatic rings. The highest BCUT2D eigenvalue weighted by Gasteiger charge is 2.10. The second-order valence-electron chi connectivity index (χ2n) is 5.47. The number of carbonyl (C=O) groups is 1. The van der Waals surface area contributed by atoms with Crippen molar-refractivity contribution < 1.29 is 13.6 Å². The quantitative estimate of drug-likeness (QED) is 0.694. The number of aromatic nitrogens is 2. The lowest BCUT2D eigenvalue weighted by Crippen LogP contribution is -2.13. The molecule has 1 aromatic heterocycles. The van der Waals surface area contributed by atoms with Gasteiger partial charge in [-0.15, -0.1) is 0 Å². The first-order chi connectivity index (χ1) is 12.4. The predicted molar refractivity (Wildman–Crippen MR) is 95.8 cm³/mol. The van der Waals surface area contributed by atoms with E-state index in [1.165, 1.54) is 18.5 Å². The van der Waals surface area contributed by atoms with Crippen LogP contribution < -0.4 is 10.6 Å². The average molecular weight is 375 g/mol. The molecule has 0 atom stereocenters. The molecule has 2 N–H and O–H groups in total. The number of aryl methyl sites for hydroxylation is 1. The molecular formula is C18H13ClF2N4O. The average Bonchev–Trinajstić information content (AvgIpc) is 2.62. The topological polar surface area (TPSA) is 66.9 Å². The highest BCUT2D eigenvalue weighted by atomic mass is 35.5. The number of rotatable bonds is 4. The zero-order valence-corrected chi connectivity index (χ0v) is 14.3. The molecule has 5 nitrogen and oxygen atoms in total. The lowest BCUT2D eigenvalue weighted by atomic mass is 10.2. The molecule has 8 heteroatoms. The fourth-order valence-corrected chi connectivity index (χ4v) is 2.27. The van der Waals surface area contributed by atoms with Crippen molar-refractivity contribution in [3.63, 3.8) is 0 Å². The van der Waals surface area contributed by atoms with E-state index >= 15 is 0 Å². The number of benzene rings is 2. The fraction of sp³-hybridized carbons (Fsp3) is 0.0556. The molecule has 1 amide bonds. The third-order valence-electron chi connectivity index (χ3n) is 3.52. The van der Waals surface area contributed by atoms with Gasteiger partial charge in [0, 0.05) is 34.9 Å². The minimum Gasteiger partial charge on any atom is -0.324 e. The van der Waals surface area contributed by atoms with Crippen LogP contribution in [0.1, 0.15) is 15.9 Å². The number of hydrogen-bond acceptors (Lipinski definition) is 4. The van der Waals surface area contributed by atoms with Gasteiger partial charge in [-0.1, -0.05) is 17.7 Å². The number of hydrogen-bond donors (Lipinski definition) is 2. The van der Waals surface area contributed by atoms with Gasteiger partial charge in [-0.25, -0.2) is 18.7 Å². The summed E-state index contributed by atoms with van der Waals surface area (Å²) >= 11 is 6.06. The van der Waals surface area contributed by atoms with Crippen LogP contribution >= 0.6 is 11.6 Å². The normalized spacial score (nSPS) is 10.5. The zero-order chi connectivity index (χ0) is 18.7. The van der Waals surface area contributed by atoms with Gasteiger partial charge in [0.25, 0.3) is 5.91 Å². The molecule has 0 bridgehead atoms. The molecule has 0 aliphatic heterocycles. The molecule has 3 rings (SSSR count). The number of carbonyl (C=O) groups excluding carboxylic acids is 1. The van der Waals surface area contributed by atoms with Gasteiger partial charge >= 0.3 is 0 Å². The Balaban J connectivity index is 1.69. The summed E-state index contributed by atoms with van der Waals surface area (Å²) in [6, 6.07) is 8.51. The van der Waals surface area contributed by atoms with E-state index < -0.39 is 17.5 Å². The summed E-state index contributed by atoms with van der Waals surface area (Å²) in [5.74, 6) is -2.29. The molecule has 0 saturated heterocycles. The van der Waals surface area contributed by atoms with Gasteiger partial charge < -0.3 is 10.6 Å². The van der Waals surface area contributed by atoms with Gasteiger partial charge in [0.1, 0.15) is 0 Å². The van der Waals surface area contributed by atoms with Gasteiger partial charge in [0.05, 0.1) is 5.56 Å². The van der Waals surface area contributed by atoms with E-state index in [-0.39, 0.29) is 17.2 Å². The first-order valence-electron chi connectivity index (χ1n) is 7.54. The van der Waals surface area contributed by atoms with E-state index in [1.54, 1.807) is 6.07 Å². The van der Waals surface area contributed by atoms with Crippen LogP contribution in [0.3, 0.4) is 0 Å². The molecule has 0 unspecified atom stereocenters. The fourth-order valence-electron chi connectivity index (χ4n) is 2.09. The lowest BCUT2D eigenvalue weighted by molar-refractivity contribution is 0.102. The summed E-state index contributed by atoms with van der Waals surface area (Å²) in [7, 11) is 0. The Morgan fingerprint density at radius 1 is 1.00 bits per heavy atom. The first-order valence-corrected chi connectivity index (χ1v) is 7.92. The Bertz CT molecular complexity index is 964. The Morgan fingerprint density at radius 3 is 2.35 bits per heavy atom. The van der Waals surface area contributed by atoms with Crippen molar-refractivity contribution in [3.05, 3.63) is 76.6 Å². The monoisotopic (exact) mass is 374 g/mol. The molecule has 26 heavy (non-hydrogen) atoms. The maximum Gasteiger partial charge on any atom is 0.258 e. The molecule has 0 radical (unpaired) electrons. The third-order valence-corrected chi connectivity index (χ3v) is 3.93. The summed E-state index contributed by atoms with van der Waals surface area (Å²) in [5.41, 5.74) is 1.95. The molecule has 0 spiro atoms. The Kier molecular flexibility index (Phi) is 5.09. The molecule has 0 fully saturated rings. The maximum atomic E-state index is 13.2. The van der Waals surface area contributed by atoms with E-state index in [1.807, 2.05) is 19.1 Å². The third kappa shape index (κ3) is 4.12. The van der Waals surface area contributed by atoms with Crippen LogP contribution in [0.2, 0.25) is 5.02 Å². The molecule has 132 valence electrons. The Labute approximate surface area is 153 Å². The second-order valence-corrected chi connectivity index (χ2v) is 5.87. The smallest absolute Gasteiger partial charge is 0.258 e. The van der Waals surface area contributed by atoms with E-state index in [9.17, 15) is 13.6 Å². The minimum atomic E-state index is -1.05. The summed E-state index contributed by atoms with van der Waals surface area (Å²) in [6.45, 7) is 1.89. The largest absolute Gasteiger partial charge is 0.324 e. The van der Waals surface area contributed by atoms with Gasteiger partial charge in [-0.05, 0) is 36.8 Å². The summed E-state index contributed by atoms with van der Waals surface area (Å²) in [6.07, 6.45) is 2.64. The SMILES string of the molecule is Cc1ccc(Nc2ncc(C(=O)Nc3ccc(F)c(F)c3)cn2)cc1Cl. The summed E-state index contributed by atoms with van der Waals surface area (Å²) < 4.78 is 26.1. The van der Waals surface area contributed by atoms with E-state index in [0.717, 1.165) is 17.7 Å². The van der Waals surface area contributed by atoms with Crippen molar-refractivity contribution in [2.75, 3.05) is 10.6 Å². The van der Waals surface area contributed by atoms with Crippen molar-refractivity contribution in [3.8, 4) is 0 Å². The van der Waals surface area contributed by atoms with Crippen LogP contribution in [0.15, 0.2) is 48.8 Å². The number of amides is 1. The van der Waals surface area contributed by atoms with E-state index in [4.69, 9.17) is 11.6 Å². The second kappa shape index (κ2) is 7.45. The van der Waals surface area contributed by atoms with Crippen LogP contribution in [-0.2, 0) is 0 Å². The van der Waals surface area contributed by atoms with Gasteiger partial charge in [0.15, 0.2) is 11.6 Å². The standard InChI is InChI=1S/C18H13ClF2N4O/c1-10-2-3-12(6-14(10)19)25-18-22-8-11(9-23-18)17(26)24-13-4-5-15(20)16(21)7-13/h2-9H,1H3,(H,24,26)(H,22,23,25). The van der Waals surface area contributed by atoms with Crippen LogP contribution in [0.25, 0.3) is 0 Å². The van der Waals surface area contributed by atoms with Crippen LogP contribution in [-0.4, -0.2) is 15.9 Å². The van der Waals surface area contributed by atoms with E-state index in [0.29, 0.717) is 10.7 Å². The Morgan fingerprint density at radius 2 is 1.69 bits per heavy atom. The lowest BCUT2D eigenvalue weighted by Gasteiger charge is -2.08. The molecule has 2 aromatic carbocycles. The molecular weight excluding hydrogens is 362 g/mol. The molecule has 1 heterocycles. The predicted octanol–water partition coefficient (Wildman–Crippen LogP) is 4.71. The van der Waals surface area contributed by atoms with Crippen molar-refractivity contribution in [1.29, 1.82) is 0 Å². The van der Waals surface area contributed by atoms with Crippen LogP contribution in [0.5, 0.6) is 0 Å². The number of nitrogens with zero attached hydrogens (tertiary/aromatic N) is 2. The van der Waals surface area contributed by atoms with Crippen LogP contribution in [0.4, 0.5) is 26.1 Å². The molecule has 0 saturated carbocycles. The van der Waals surface area contributed by atoms with Gasteiger partial charge in [-0.2, -0.15) is 0 Å². The van der Waals surface area contributed by atoms with Crippen molar-refractivity contribution in [2.45, 2.75) is 6.92 Å². The summed E-state index contributed by atoms with van der Waals surface area (Å²) in [4.78, 5) is 20.2. The van der Waals surface area contributed by atoms with Crippen molar-refractivity contribution >= 4 is 34.8 Å². The highest BCUT2D eigenvalue weighted by Crippen LogP contribution is 2.22. The molecule has 0 aliphatic carbocycles.